The molecule has 27 heavy (non-hydrogen) atoms. The fourth-order valence-corrected chi connectivity index (χ4v) is 3.46. The lowest BCUT2D eigenvalue weighted by Gasteiger charge is -2.38. The summed E-state index contributed by atoms with van der Waals surface area (Å²) >= 11 is 5.50. The summed E-state index contributed by atoms with van der Waals surface area (Å²) in [6, 6.07) is 11.3. The van der Waals surface area contributed by atoms with E-state index in [0.29, 0.717) is 27.6 Å². The zero-order chi connectivity index (χ0) is 19.7. The highest BCUT2D eigenvalue weighted by Gasteiger charge is 2.35. The number of hydrogen-bond donors (Lipinski definition) is 1. The first-order chi connectivity index (χ1) is 12.8. The lowest BCUT2D eigenvalue weighted by Crippen LogP contribution is -2.49. The minimum absolute atomic E-state index is 0.219. The van der Waals surface area contributed by atoms with Crippen molar-refractivity contribution in [2.24, 2.45) is 0 Å². The van der Waals surface area contributed by atoms with E-state index in [9.17, 15) is 13.6 Å². The number of hydrogen-bond acceptors (Lipinski definition) is 2. The number of nitrogens with one attached hydrogen (secondary N) is 1. The van der Waals surface area contributed by atoms with Gasteiger partial charge >= 0.3 is 0 Å². The monoisotopic (exact) mass is 387 g/mol. The number of likely N-dealkylation sites (N-methyl/N-ethyl adjacent to an activating group) is 1. The van der Waals surface area contributed by atoms with E-state index in [1.165, 1.54) is 29.2 Å². The number of halogens is 2. The largest absolute Gasteiger partial charge is 0.351 e. The van der Waals surface area contributed by atoms with E-state index >= 15 is 0 Å². The highest BCUT2D eigenvalue weighted by molar-refractivity contribution is 7.80. The summed E-state index contributed by atoms with van der Waals surface area (Å²) in [5.74, 6) is -0.974. The van der Waals surface area contributed by atoms with E-state index in [-0.39, 0.29) is 11.7 Å². The van der Waals surface area contributed by atoms with Crippen molar-refractivity contribution in [1.82, 2.24) is 10.2 Å². The van der Waals surface area contributed by atoms with Crippen molar-refractivity contribution < 1.29 is 13.6 Å². The van der Waals surface area contributed by atoms with Gasteiger partial charge in [0.2, 0.25) is 0 Å². The van der Waals surface area contributed by atoms with Crippen LogP contribution in [0.15, 0.2) is 59.8 Å². The van der Waals surface area contributed by atoms with Crippen LogP contribution in [-0.4, -0.2) is 30.0 Å². The first-order valence-corrected chi connectivity index (χ1v) is 8.74. The lowest BCUT2D eigenvalue weighted by atomic mass is 9.93. The Morgan fingerprint density at radius 2 is 1.78 bits per heavy atom. The van der Waals surface area contributed by atoms with E-state index in [0.717, 1.165) is 0 Å². The van der Waals surface area contributed by atoms with Crippen molar-refractivity contribution in [2.45, 2.75) is 13.0 Å². The molecule has 1 aliphatic rings. The third-order valence-corrected chi connectivity index (χ3v) is 4.69. The summed E-state index contributed by atoms with van der Waals surface area (Å²) in [6.45, 7) is 1.78. The van der Waals surface area contributed by atoms with Gasteiger partial charge in [-0.1, -0.05) is 12.1 Å². The van der Waals surface area contributed by atoms with Gasteiger partial charge in [0.15, 0.2) is 5.11 Å². The number of amides is 1. The predicted octanol–water partition coefficient (Wildman–Crippen LogP) is 3.76. The molecule has 0 spiro atoms. The summed E-state index contributed by atoms with van der Waals surface area (Å²) in [4.78, 5) is 16.1. The Hall–Kier alpha value is -2.80. The molecular formula is C20H19F2N3OS. The smallest absolute Gasteiger partial charge is 0.253 e. The number of anilines is 1. The molecule has 2 aromatic carbocycles. The minimum atomic E-state index is -0.584. The summed E-state index contributed by atoms with van der Waals surface area (Å²) < 4.78 is 27.1. The Balaban J connectivity index is 2.16. The van der Waals surface area contributed by atoms with Crippen LogP contribution in [0.2, 0.25) is 0 Å². The Labute approximate surface area is 162 Å². The summed E-state index contributed by atoms with van der Waals surface area (Å²) in [7, 11) is 3.31. The van der Waals surface area contributed by atoms with Crippen molar-refractivity contribution in [3.05, 3.63) is 77.0 Å². The third kappa shape index (κ3) is 3.68. The van der Waals surface area contributed by atoms with Crippen LogP contribution in [0.1, 0.15) is 18.5 Å². The summed E-state index contributed by atoms with van der Waals surface area (Å²) in [5.41, 5.74) is 2.29. The molecule has 1 aliphatic heterocycles. The van der Waals surface area contributed by atoms with Gasteiger partial charge in [-0.15, -0.1) is 0 Å². The topological polar surface area (TPSA) is 35.6 Å². The van der Waals surface area contributed by atoms with Crippen molar-refractivity contribution in [3.8, 4) is 0 Å². The van der Waals surface area contributed by atoms with Crippen LogP contribution in [0.4, 0.5) is 14.5 Å². The van der Waals surface area contributed by atoms with Gasteiger partial charge in [0, 0.05) is 25.5 Å². The van der Waals surface area contributed by atoms with Gasteiger partial charge in [-0.3, -0.25) is 9.69 Å². The molecule has 3 rings (SSSR count). The number of rotatable bonds is 3. The molecule has 140 valence electrons. The molecule has 0 aliphatic carbocycles. The third-order valence-electron chi connectivity index (χ3n) is 4.39. The Kier molecular flexibility index (Phi) is 5.23. The van der Waals surface area contributed by atoms with Gasteiger partial charge in [-0.05, 0) is 61.1 Å². The average Bonchev–Trinajstić information content (AvgIpc) is 2.62. The van der Waals surface area contributed by atoms with Gasteiger partial charge in [-0.2, -0.15) is 0 Å². The Morgan fingerprint density at radius 3 is 2.37 bits per heavy atom. The van der Waals surface area contributed by atoms with Gasteiger partial charge in [0.25, 0.3) is 5.91 Å². The highest BCUT2D eigenvalue weighted by Crippen LogP contribution is 2.34. The van der Waals surface area contributed by atoms with E-state index in [1.807, 2.05) is 0 Å². The molecule has 0 saturated carbocycles. The maximum absolute atomic E-state index is 13.8. The molecule has 2 aromatic rings. The quantitative estimate of drug-likeness (QED) is 0.814. The predicted molar refractivity (Wildman–Crippen MR) is 105 cm³/mol. The molecular weight excluding hydrogens is 368 g/mol. The van der Waals surface area contributed by atoms with E-state index in [4.69, 9.17) is 12.2 Å². The van der Waals surface area contributed by atoms with Crippen LogP contribution in [0, 0.1) is 11.6 Å². The van der Waals surface area contributed by atoms with E-state index in [2.05, 4.69) is 5.32 Å². The van der Waals surface area contributed by atoms with Crippen molar-refractivity contribution in [1.29, 1.82) is 0 Å². The maximum Gasteiger partial charge on any atom is 0.253 e. The van der Waals surface area contributed by atoms with Crippen LogP contribution >= 0.6 is 12.2 Å². The maximum atomic E-state index is 13.8. The van der Waals surface area contributed by atoms with Crippen molar-refractivity contribution in [2.75, 3.05) is 19.0 Å². The van der Waals surface area contributed by atoms with Gasteiger partial charge in [0.1, 0.15) is 11.6 Å². The molecule has 0 radical (unpaired) electrons. The summed E-state index contributed by atoms with van der Waals surface area (Å²) in [6.07, 6.45) is 0. The molecule has 0 saturated heterocycles. The molecule has 0 aromatic heterocycles. The second-order valence-electron chi connectivity index (χ2n) is 6.45. The number of thiocarbonyl (C=S) groups is 1. The van der Waals surface area contributed by atoms with Crippen molar-refractivity contribution in [3.63, 3.8) is 0 Å². The number of benzene rings is 2. The number of allylic oxidation sites excluding steroid dienone is 1. The Bertz CT molecular complexity index is 925. The van der Waals surface area contributed by atoms with E-state index in [1.54, 1.807) is 50.2 Å². The second kappa shape index (κ2) is 7.44. The molecule has 4 nitrogen and oxygen atoms in total. The fraction of sp³-hybridized carbons (Fsp3) is 0.200. The standard InChI is InChI=1S/C20H19F2N3OS/c1-12-17(19(26)24(2)3)18(13-5-4-6-15(22)11-13)23-20(27)25(12)16-9-7-14(21)8-10-16/h4-11,18H,1-3H3,(H,23,27)/t18-/m0/s1. The zero-order valence-electron chi connectivity index (χ0n) is 15.2. The SMILES string of the molecule is CC1=C(C(=O)N(C)C)[C@H](c2cccc(F)c2)NC(=S)N1c1ccc(F)cc1. The number of carbonyl (C=O) groups is 1. The molecule has 0 bridgehead atoms. The molecule has 1 N–H and O–H groups in total. The number of carbonyl (C=O) groups excluding carboxylic acids is 1. The van der Waals surface area contributed by atoms with Gasteiger partial charge < -0.3 is 10.2 Å². The number of nitrogens with zero attached hydrogens (tertiary/aromatic N) is 2. The summed E-state index contributed by atoms with van der Waals surface area (Å²) in [5, 5.41) is 3.48. The van der Waals surface area contributed by atoms with E-state index < -0.39 is 11.9 Å². The molecule has 1 heterocycles. The van der Waals surface area contributed by atoms with Gasteiger partial charge in [0.05, 0.1) is 11.6 Å². The molecule has 0 unspecified atom stereocenters. The van der Waals surface area contributed by atoms with Crippen LogP contribution in [0.3, 0.4) is 0 Å². The van der Waals surface area contributed by atoms with Crippen LogP contribution in [0.25, 0.3) is 0 Å². The van der Waals surface area contributed by atoms with Crippen LogP contribution in [-0.2, 0) is 4.79 Å². The van der Waals surface area contributed by atoms with Crippen molar-refractivity contribution >= 4 is 28.9 Å². The highest BCUT2D eigenvalue weighted by atomic mass is 32.1. The van der Waals surface area contributed by atoms with Gasteiger partial charge in [-0.25, -0.2) is 8.78 Å². The second-order valence-corrected chi connectivity index (χ2v) is 6.83. The zero-order valence-corrected chi connectivity index (χ0v) is 16.0. The van der Waals surface area contributed by atoms with Crippen LogP contribution < -0.4 is 10.2 Å². The fourth-order valence-electron chi connectivity index (χ4n) is 3.10. The van der Waals surface area contributed by atoms with Crippen LogP contribution in [0.5, 0.6) is 0 Å². The molecule has 0 fully saturated rings. The molecule has 1 atom stereocenters. The lowest BCUT2D eigenvalue weighted by molar-refractivity contribution is -0.125. The minimum Gasteiger partial charge on any atom is -0.351 e. The first kappa shape index (κ1) is 19.0. The molecule has 1 amide bonds. The normalized spacial score (nSPS) is 17.0. The first-order valence-electron chi connectivity index (χ1n) is 8.33. The molecule has 7 heteroatoms. The average molecular weight is 387 g/mol. The Morgan fingerprint density at radius 1 is 1.11 bits per heavy atom.